The van der Waals surface area contributed by atoms with Gasteiger partial charge in [0, 0.05) is 11.6 Å². The molecule has 0 amide bonds. The van der Waals surface area contributed by atoms with Gasteiger partial charge >= 0.3 is 5.97 Å². The number of hydrogen-bond acceptors (Lipinski definition) is 10. The van der Waals surface area contributed by atoms with Crippen LogP contribution < -0.4 is 19.5 Å². The number of hydrogen-bond donors (Lipinski definition) is 6. The molecule has 1 fully saturated rings. The molecule has 11 heteroatoms. The van der Waals surface area contributed by atoms with Crippen molar-refractivity contribution in [3.05, 3.63) is 34.9 Å². The Morgan fingerprint density at radius 2 is 1.71 bits per heavy atom. The van der Waals surface area contributed by atoms with Crippen LogP contribution in [0.2, 0.25) is 0 Å². The number of benzene rings is 2. The highest BCUT2D eigenvalue weighted by molar-refractivity contribution is 5.84. The molecule has 2 aromatic rings. The van der Waals surface area contributed by atoms with E-state index in [0.717, 1.165) is 35.2 Å². The molecule has 2 aliphatic heterocycles. The molecule has 6 atom stereocenters. The zero-order valence-electron chi connectivity index (χ0n) is 19.1. The highest BCUT2D eigenvalue weighted by Gasteiger charge is 2.48. The molecule has 11 nitrogen and oxygen atoms in total. The average Bonchev–Trinajstić information content (AvgIpc) is 2.84. The van der Waals surface area contributed by atoms with Crippen LogP contribution in [0.15, 0.2) is 18.2 Å². The predicted molar refractivity (Wildman–Crippen MR) is 120 cm³/mol. The van der Waals surface area contributed by atoms with E-state index in [9.17, 15) is 30.3 Å². The molecule has 0 aromatic heterocycles. The number of aromatic hydroxyl groups is 1. The topological polar surface area (TPSA) is 167 Å². The molecule has 0 bridgehead atoms. The average molecular weight is 489 g/mol. The van der Waals surface area contributed by atoms with Crippen LogP contribution in [-0.2, 0) is 22.4 Å². The molecule has 188 valence electrons. The number of aliphatic hydroxyl groups is 3. The van der Waals surface area contributed by atoms with Crippen LogP contribution in [0.25, 0.3) is 11.1 Å². The first-order valence-electron chi connectivity index (χ1n) is 11.2. The Hall–Kier alpha value is -3.09. The molecule has 0 saturated carbocycles. The lowest BCUT2D eigenvalue weighted by molar-refractivity contribution is -0.271. The van der Waals surface area contributed by atoms with E-state index in [1.807, 2.05) is 6.07 Å². The van der Waals surface area contributed by atoms with Gasteiger partial charge in [0.05, 0.1) is 14.2 Å². The van der Waals surface area contributed by atoms with E-state index in [0.29, 0.717) is 17.7 Å². The van der Waals surface area contributed by atoms with Gasteiger partial charge in [0.25, 0.3) is 0 Å². The zero-order valence-corrected chi connectivity index (χ0v) is 19.1. The number of carboxylic acids is 1. The fraction of sp³-hybridized carbons (Fsp3) is 0.458. The molecule has 6 N–H and O–H groups in total. The third kappa shape index (κ3) is 3.76. The van der Waals surface area contributed by atoms with Crippen molar-refractivity contribution in [2.24, 2.45) is 0 Å². The second kappa shape index (κ2) is 8.85. The number of methoxy groups -OCH3 is 2. The minimum absolute atomic E-state index is 0.0177. The largest absolute Gasteiger partial charge is 0.504 e. The minimum Gasteiger partial charge on any atom is -0.504 e. The summed E-state index contributed by atoms with van der Waals surface area (Å²) in [6, 6.07) is 5.18. The third-order valence-electron chi connectivity index (χ3n) is 6.88. The lowest BCUT2D eigenvalue weighted by Gasteiger charge is -2.39. The Bertz CT molecular complexity index is 1170. The van der Waals surface area contributed by atoms with Crippen LogP contribution in [0.3, 0.4) is 0 Å². The molecular formula is C24H27NO10. The van der Waals surface area contributed by atoms with Crippen molar-refractivity contribution in [2.45, 2.75) is 49.6 Å². The van der Waals surface area contributed by atoms with Crippen molar-refractivity contribution in [1.29, 1.82) is 0 Å². The summed E-state index contributed by atoms with van der Waals surface area (Å²) in [5.74, 6) is -0.730. The number of nitrogens with one attached hydrogen (secondary N) is 1. The predicted octanol–water partition coefficient (Wildman–Crippen LogP) is 0.0903. The number of rotatable bonds is 5. The summed E-state index contributed by atoms with van der Waals surface area (Å²) in [6.45, 7) is 0.763. The molecule has 0 spiro atoms. The zero-order chi connectivity index (χ0) is 25.0. The maximum atomic E-state index is 11.4. The Morgan fingerprint density at radius 3 is 2.40 bits per heavy atom. The number of fused-ring (bicyclic) bond motifs is 2. The lowest BCUT2D eigenvalue weighted by atomic mass is 9.77. The van der Waals surface area contributed by atoms with Gasteiger partial charge in [0.2, 0.25) is 6.29 Å². The summed E-state index contributed by atoms with van der Waals surface area (Å²) < 4.78 is 21.9. The first kappa shape index (κ1) is 23.6. The van der Waals surface area contributed by atoms with Gasteiger partial charge in [0.1, 0.15) is 18.3 Å². The van der Waals surface area contributed by atoms with E-state index in [2.05, 4.69) is 5.32 Å². The second-order valence-electron chi connectivity index (χ2n) is 8.85. The molecular weight excluding hydrogens is 462 g/mol. The van der Waals surface area contributed by atoms with Gasteiger partial charge in [-0.1, -0.05) is 0 Å². The standard InChI is InChI=1S/C24H27NO10/c1-32-13-8-11-10(5-12-16-9(3-4-25-12)6-15(33-2)18(26)17(11)16)7-14(13)34-24-21(29)19(27)20(28)22(35-24)23(30)31/h6-8,12,19-22,24-29H,3-5H2,1-2H3,(H,30,31)/t12-,19+,20-,21+,22+,24+/m0/s1. The fourth-order valence-electron chi connectivity index (χ4n) is 5.16. The maximum absolute atomic E-state index is 11.4. The Morgan fingerprint density at radius 1 is 1.00 bits per heavy atom. The first-order valence-corrected chi connectivity index (χ1v) is 11.2. The van der Waals surface area contributed by atoms with E-state index < -0.39 is 36.7 Å². The molecule has 0 unspecified atom stereocenters. The summed E-state index contributed by atoms with van der Waals surface area (Å²) in [6.07, 6.45) is -7.33. The van der Waals surface area contributed by atoms with Gasteiger partial charge < -0.3 is 49.8 Å². The van der Waals surface area contributed by atoms with Gasteiger partial charge in [0.15, 0.2) is 29.1 Å². The summed E-state index contributed by atoms with van der Waals surface area (Å²) in [7, 11) is 2.92. The number of aliphatic carboxylic acids is 1. The van der Waals surface area contributed by atoms with Crippen molar-refractivity contribution >= 4 is 5.97 Å². The van der Waals surface area contributed by atoms with Crippen LogP contribution in [0.5, 0.6) is 23.0 Å². The second-order valence-corrected chi connectivity index (χ2v) is 8.85. The molecule has 1 aliphatic carbocycles. The first-order chi connectivity index (χ1) is 16.7. The SMILES string of the molecule is COc1cc2c(cc1O[C@@H]1O[C@@H](C(=O)O)[C@@H](O)[C@@H](O)[C@H]1O)C[C@@H]1NCCc3cc(OC)c(O)c-2c31. The van der Waals surface area contributed by atoms with E-state index in [4.69, 9.17) is 18.9 Å². The fourth-order valence-corrected chi connectivity index (χ4v) is 5.16. The smallest absolute Gasteiger partial charge is 0.335 e. The molecule has 3 aliphatic rings. The monoisotopic (exact) mass is 489 g/mol. The van der Waals surface area contributed by atoms with E-state index in [-0.39, 0.29) is 23.3 Å². The van der Waals surface area contributed by atoms with Crippen molar-refractivity contribution in [1.82, 2.24) is 5.32 Å². The summed E-state index contributed by atoms with van der Waals surface area (Å²) in [4.78, 5) is 11.4. The van der Waals surface area contributed by atoms with E-state index >= 15 is 0 Å². The molecule has 2 heterocycles. The van der Waals surface area contributed by atoms with Crippen molar-refractivity contribution in [2.75, 3.05) is 20.8 Å². The van der Waals surface area contributed by atoms with E-state index in [1.165, 1.54) is 14.2 Å². The van der Waals surface area contributed by atoms with Gasteiger partial charge in [-0.25, -0.2) is 4.79 Å². The number of carboxylic acid groups (broad SMARTS) is 1. The number of carbonyl (C=O) groups is 1. The maximum Gasteiger partial charge on any atom is 0.335 e. The lowest BCUT2D eigenvalue weighted by Crippen LogP contribution is -2.61. The van der Waals surface area contributed by atoms with Crippen LogP contribution >= 0.6 is 0 Å². The van der Waals surface area contributed by atoms with Crippen molar-refractivity contribution in [3.63, 3.8) is 0 Å². The Labute approximate surface area is 200 Å². The highest BCUT2D eigenvalue weighted by atomic mass is 16.7. The van der Waals surface area contributed by atoms with Crippen LogP contribution in [0.1, 0.15) is 22.7 Å². The molecule has 5 rings (SSSR count). The minimum atomic E-state index is -1.83. The summed E-state index contributed by atoms with van der Waals surface area (Å²) in [5.41, 5.74) is 4.27. The van der Waals surface area contributed by atoms with Crippen LogP contribution in [0, 0.1) is 0 Å². The molecule has 0 radical (unpaired) electrons. The number of aliphatic hydroxyl groups excluding tert-OH is 3. The Balaban J connectivity index is 1.57. The number of phenols is 1. The van der Waals surface area contributed by atoms with Gasteiger partial charge in [-0.2, -0.15) is 0 Å². The highest BCUT2D eigenvalue weighted by Crippen LogP contribution is 2.52. The van der Waals surface area contributed by atoms with Crippen molar-refractivity contribution < 1.29 is 49.3 Å². The molecule has 35 heavy (non-hydrogen) atoms. The van der Waals surface area contributed by atoms with Gasteiger partial charge in [-0.05, 0) is 59.8 Å². The van der Waals surface area contributed by atoms with Gasteiger partial charge in [-0.15, -0.1) is 0 Å². The summed E-state index contributed by atoms with van der Waals surface area (Å²) in [5, 5.41) is 54.2. The molecule has 1 saturated heterocycles. The molecule has 2 aromatic carbocycles. The van der Waals surface area contributed by atoms with E-state index in [1.54, 1.807) is 12.1 Å². The number of ether oxygens (including phenoxy) is 4. The van der Waals surface area contributed by atoms with Crippen molar-refractivity contribution in [3.8, 4) is 34.1 Å². The Kier molecular flexibility index (Phi) is 5.98. The van der Waals surface area contributed by atoms with Crippen LogP contribution in [0.4, 0.5) is 0 Å². The van der Waals surface area contributed by atoms with Crippen LogP contribution in [-0.4, -0.2) is 83.0 Å². The number of phenolic OH excluding ortho intramolecular Hbond substituents is 1. The summed E-state index contributed by atoms with van der Waals surface area (Å²) >= 11 is 0. The third-order valence-corrected chi connectivity index (χ3v) is 6.88. The van der Waals surface area contributed by atoms with Gasteiger partial charge in [-0.3, -0.25) is 0 Å². The quantitative estimate of drug-likeness (QED) is 0.337. The normalized spacial score (nSPS) is 29.1.